The fourth-order valence-electron chi connectivity index (χ4n) is 3.41. The molecular formula is C24H24Cl2O6. The van der Waals surface area contributed by atoms with Gasteiger partial charge in [0, 0.05) is 27.7 Å². The molecule has 0 fully saturated rings. The van der Waals surface area contributed by atoms with E-state index in [2.05, 4.69) is 0 Å². The molecular weight excluding hydrogens is 455 g/mol. The fraction of sp³-hybridized carbons (Fsp3) is 0.292. The summed E-state index contributed by atoms with van der Waals surface area (Å²) < 4.78 is 28.1. The number of rotatable bonds is 9. The van der Waals surface area contributed by atoms with Crippen LogP contribution in [-0.4, -0.2) is 33.9 Å². The number of hydrogen-bond donors (Lipinski definition) is 0. The number of carbonyl (C=O) groups is 1. The Hall–Kier alpha value is -2.83. The Bertz CT molecular complexity index is 1130. The molecule has 32 heavy (non-hydrogen) atoms. The number of ether oxygens (including phenoxy) is 5. The van der Waals surface area contributed by atoms with Gasteiger partial charge in [-0.3, -0.25) is 4.79 Å². The first kappa shape index (κ1) is 23.8. The lowest BCUT2D eigenvalue weighted by molar-refractivity contribution is -0.131. The highest BCUT2D eigenvalue weighted by Gasteiger charge is 2.25. The van der Waals surface area contributed by atoms with Gasteiger partial charge in [-0.2, -0.15) is 0 Å². The normalized spacial score (nSPS) is 10.7. The zero-order valence-corrected chi connectivity index (χ0v) is 19.8. The standard InChI is InChI=1S/C24H24Cl2O6/c1-14(27)32-22-19-13-17(28-2)9-10-18(19)21(23(29-3)24(22)30-4)31-11-5-6-15-7-8-16(25)12-20(15)26/h7-10,12-13H,5-6,11H2,1-4H3. The van der Waals surface area contributed by atoms with Crippen molar-refractivity contribution in [2.75, 3.05) is 27.9 Å². The molecule has 0 bridgehead atoms. The molecule has 3 aromatic carbocycles. The predicted octanol–water partition coefficient (Wildman–Crippen LogP) is 6.11. The average Bonchev–Trinajstić information content (AvgIpc) is 2.77. The topological polar surface area (TPSA) is 63.2 Å². The third-order valence-electron chi connectivity index (χ3n) is 4.84. The first-order chi connectivity index (χ1) is 15.4. The van der Waals surface area contributed by atoms with E-state index < -0.39 is 5.97 Å². The monoisotopic (exact) mass is 478 g/mol. The quantitative estimate of drug-likeness (QED) is 0.210. The first-order valence-corrected chi connectivity index (χ1v) is 10.7. The van der Waals surface area contributed by atoms with Crippen LogP contribution in [0.15, 0.2) is 36.4 Å². The van der Waals surface area contributed by atoms with E-state index in [1.54, 1.807) is 25.3 Å². The number of carbonyl (C=O) groups excluding carboxylic acids is 1. The minimum absolute atomic E-state index is 0.242. The number of fused-ring (bicyclic) bond motifs is 1. The van der Waals surface area contributed by atoms with E-state index in [1.165, 1.54) is 21.1 Å². The van der Waals surface area contributed by atoms with Gasteiger partial charge >= 0.3 is 5.97 Å². The van der Waals surface area contributed by atoms with Crippen LogP contribution < -0.4 is 23.7 Å². The number of esters is 1. The van der Waals surface area contributed by atoms with E-state index in [1.807, 2.05) is 18.2 Å². The van der Waals surface area contributed by atoms with Crippen molar-refractivity contribution in [3.63, 3.8) is 0 Å². The Morgan fingerprint density at radius 3 is 2.19 bits per heavy atom. The maximum atomic E-state index is 11.8. The van der Waals surface area contributed by atoms with Crippen molar-refractivity contribution in [1.82, 2.24) is 0 Å². The molecule has 0 saturated carbocycles. The molecule has 0 heterocycles. The van der Waals surface area contributed by atoms with Gasteiger partial charge in [0.1, 0.15) is 5.75 Å². The van der Waals surface area contributed by atoms with Crippen LogP contribution in [0.2, 0.25) is 10.0 Å². The van der Waals surface area contributed by atoms with E-state index >= 15 is 0 Å². The molecule has 0 aliphatic heterocycles. The first-order valence-electron chi connectivity index (χ1n) is 9.90. The SMILES string of the molecule is COc1ccc2c(OCCCc3ccc(Cl)cc3Cl)c(OC)c(OC)c(OC(C)=O)c2c1. The van der Waals surface area contributed by atoms with Crippen molar-refractivity contribution in [2.45, 2.75) is 19.8 Å². The van der Waals surface area contributed by atoms with E-state index in [-0.39, 0.29) is 11.5 Å². The lowest BCUT2D eigenvalue weighted by Crippen LogP contribution is -2.07. The van der Waals surface area contributed by atoms with Gasteiger partial charge < -0.3 is 23.7 Å². The van der Waals surface area contributed by atoms with Crippen LogP contribution in [0.4, 0.5) is 0 Å². The largest absolute Gasteiger partial charge is 0.497 e. The molecule has 0 aliphatic carbocycles. The van der Waals surface area contributed by atoms with Crippen molar-refractivity contribution in [2.24, 2.45) is 0 Å². The summed E-state index contributed by atoms with van der Waals surface area (Å²) in [6.07, 6.45) is 1.42. The van der Waals surface area contributed by atoms with Gasteiger partial charge in [-0.1, -0.05) is 29.3 Å². The molecule has 0 spiro atoms. The molecule has 3 rings (SSSR count). The molecule has 0 radical (unpaired) electrons. The Labute approximate surface area is 196 Å². The van der Waals surface area contributed by atoms with Crippen molar-refractivity contribution in [3.8, 4) is 28.7 Å². The summed E-state index contributed by atoms with van der Waals surface area (Å²) in [5.41, 5.74) is 0.990. The minimum atomic E-state index is -0.483. The summed E-state index contributed by atoms with van der Waals surface area (Å²) in [6, 6.07) is 10.8. The highest BCUT2D eigenvalue weighted by atomic mass is 35.5. The van der Waals surface area contributed by atoms with E-state index in [0.29, 0.717) is 57.5 Å². The summed E-state index contributed by atoms with van der Waals surface area (Å²) >= 11 is 12.2. The van der Waals surface area contributed by atoms with Crippen molar-refractivity contribution < 1.29 is 28.5 Å². The summed E-state index contributed by atoms with van der Waals surface area (Å²) in [6.45, 7) is 1.72. The van der Waals surface area contributed by atoms with Crippen molar-refractivity contribution in [3.05, 3.63) is 52.0 Å². The Morgan fingerprint density at radius 2 is 1.56 bits per heavy atom. The van der Waals surface area contributed by atoms with Gasteiger partial charge in [-0.15, -0.1) is 0 Å². The summed E-state index contributed by atoms with van der Waals surface area (Å²) in [7, 11) is 4.54. The molecule has 0 saturated heterocycles. The summed E-state index contributed by atoms with van der Waals surface area (Å²) in [5.74, 6) is 1.45. The molecule has 0 amide bonds. The van der Waals surface area contributed by atoms with Gasteiger partial charge in [-0.25, -0.2) is 0 Å². The van der Waals surface area contributed by atoms with Crippen LogP contribution in [0.25, 0.3) is 10.8 Å². The zero-order chi connectivity index (χ0) is 23.3. The highest BCUT2D eigenvalue weighted by Crippen LogP contribution is 2.51. The second-order valence-corrected chi connectivity index (χ2v) is 7.76. The van der Waals surface area contributed by atoms with Gasteiger partial charge in [-0.05, 0) is 48.7 Å². The van der Waals surface area contributed by atoms with Crippen LogP contribution in [-0.2, 0) is 11.2 Å². The van der Waals surface area contributed by atoms with E-state index in [9.17, 15) is 4.79 Å². The van der Waals surface area contributed by atoms with Crippen LogP contribution in [0.5, 0.6) is 28.7 Å². The van der Waals surface area contributed by atoms with Crippen LogP contribution >= 0.6 is 23.2 Å². The van der Waals surface area contributed by atoms with Crippen LogP contribution in [0.3, 0.4) is 0 Å². The van der Waals surface area contributed by atoms with E-state index in [0.717, 1.165) is 5.56 Å². The summed E-state index contributed by atoms with van der Waals surface area (Å²) in [5, 5.41) is 2.53. The van der Waals surface area contributed by atoms with Gasteiger partial charge in [0.25, 0.3) is 0 Å². The molecule has 0 aromatic heterocycles. The minimum Gasteiger partial charge on any atom is -0.497 e. The zero-order valence-electron chi connectivity index (χ0n) is 18.3. The fourth-order valence-corrected chi connectivity index (χ4v) is 3.91. The lowest BCUT2D eigenvalue weighted by atomic mass is 10.1. The number of aryl methyl sites for hydroxylation is 1. The van der Waals surface area contributed by atoms with Gasteiger partial charge in [0.15, 0.2) is 11.5 Å². The highest BCUT2D eigenvalue weighted by molar-refractivity contribution is 6.35. The number of methoxy groups -OCH3 is 3. The maximum Gasteiger partial charge on any atom is 0.308 e. The Balaban J connectivity index is 1.96. The third-order valence-corrected chi connectivity index (χ3v) is 5.43. The van der Waals surface area contributed by atoms with Gasteiger partial charge in [0.05, 0.1) is 27.9 Å². The van der Waals surface area contributed by atoms with E-state index in [4.69, 9.17) is 46.9 Å². The maximum absolute atomic E-state index is 11.8. The number of benzene rings is 3. The summed E-state index contributed by atoms with van der Waals surface area (Å²) in [4.78, 5) is 11.8. The number of hydrogen-bond acceptors (Lipinski definition) is 6. The second-order valence-electron chi connectivity index (χ2n) is 6.92. The Morgan fingerprint density at radius 1 is 0.844 bits per heavy atom. The molecule has 8 heteroatoms. The molecule has 6 nitrogen and oxygen atoms in total. The van der Waals surface area contributed by atoms with Crippen LogP contribution in [0.1, 0.15) is 18.9 Å². The molecule has 0 atom stereocenters. The third kappa shape index (κ3) is 5.14. The lowest BCUT2D eigenvalue weighted by Gasteiger charge is -2.20. The molecule has 0 unspecified atom stereocenters. The molecule has 170 valence electrons. The molecule has 0 aliphatic rings. The Kier molecular flexibility index (Phi) is 7.94. The second kappa shape index (κ2) is 10.7. The predicted molar refractivity (Wildman–Crippen MR) is 125 cm³/mol. The van der Waals surface area contributed by atoms with Gasteiger partial charge in [0.2, 0.25) is 11.5 Å². The molecule has 3 aromatic rings. The van der Waals surface area contributed by atoms with Crippen LogP contribution in [0, 0.1) is 0 Å². The average molecular weight is 479 g/mol. The smallest absolute Gasteiger partial charge is 0.308 e. The van der Waals surface area contributed by atoms with Crippen molar-refractivity contribution >= 4 is 39.9 Å². The number of halogens is 2. The molecule has 0 N–H and O–H groups in total. The van der Waals surface area contributed by atoms with Crippen molar-refractivity contribution in [1.29, 1.82) is 0 Å².